The van der Waals surface area contributed by atoms with E-state index in [4.69, 9.17) is 4.74 Å². The Labute approximate surface area is 167 Å². The molecule has 2 amide bonds. The molecule has 0 aromatic heterocycles. The molecule has 1 aromatic carbocycles. The summed E-state index contributed by atoms with van der Waals surface area (Å²) in [4.78, 5) is 26.6. The van der Waals surface area contributed by atoms with Gasteiger partial charge in [-0.05, 0) is 43.9 Å². The summed E-state index contributed by atoms with van der Waals surface area (Å²) in [5, 5.41) is 5.29. The van der Waals surface area contributed by atoms with Gasteiger partial charge in [0.2, 0.25) is 5.91 Å². The monoisotopic (exact) mass is 413 g/mol. The molecule has 0 bridgehead atoms. The van der Waals surface area contributed by atoms with Gasteiger partial charge >= 0.3 is 6.18 Å². The highest BCUT2D eigenvalue weighted by Crippen LogP contribution is 2.29. The molecule has 2 aliphatic rings. The normalized spacial score (nSPS) is 23.4. The van der Waals surface area contributed by atoms with E-state index in [0.29, 0.717) is 6.04 Å². The maximum Gasteiger partial charge on any atom is 0.416 e. The number of amides is 2. The summed E-state index contributed by atoms with van der Waals surface area (Å²) in [5.41, 5.74) is -1.03. The molecular formula is C20H26F3N3O3. The lowest BCUT2D eigenvalue weighted by Gasteiger charge is -2.26. The van der Waals surface area contributed by atoms with Crippen molar-refractivity contribution in [1.82, 2.24) is 15.5 Å². The van der Waals surface area contributed by atoms with Gasteiger partial charge in [0.25, 0.3) is 5.91 Å². The van der Waals surface area contributed by atoms with E-state index in [-0.39, 0.29) is 24.1 Å². The molecule has 2 heterocycles. The van der Waals surface area contributed by atoms with Crippen molar-refractivity contribution >= 4 is 11.8 Å². The predicted octanol–water partition coefficient (Wildman–Crippen LogP) is 2.19. The predicted molar refractivity (Wildman–Crippen MR) is 100 cm³/mol. The average molecular weight is 413 g/mol. The molecular weight excluding hydrogens is 387 g/mol. The van der Waals surface area contributed by atoms with Crippen molar-refractivity contribution in [2.75, 3.05) is 32.8 Å². The van der Waals surface area contributed by atoms with Gasteiger partial charge in [0.15, 0.2) is 0 Å². The first-order chi connectivity index (χ1) is 13.8. The second-order valence-electron chi connectivity index (χ2n) is 7.51. The highest BCUT2D eigenvalue weighted by Gasteiger charge is 2.31. The van der Waals surface area contributed by atoms with Crippen molar-refractivity contribution in [1.29, 1.82) is 0 Å². The fourth-order valence-electron chi connectivity index (χ4n) is 3.87. The smallest absolute Gasteiger partial charge is 0.381 e. The number of likely N-dealkylation sites (tertiary alicyclic amines) is 1. The maximum atomic E-state index is 12.8. The molecule has 0 radical (unpaired) electrons. The van der Waals surface area contributed by atoms with Crippen molar-refractivity contribution < 1.29 is 27.5 Å². The topological polar surface area (TPSA) is 70.7 Å². The Morgan fingerprint density at radius 2 is 2.00 bits per heavy atom. The maximum absolute atomic E-state index is 12.8. The summed E-state index contributed by atoms with van der Waals surface area (Å²) < 4.78 is 43.8. The number of nitrogens with zero attached hydrogens (tertiary/aromatic N) is 1. The minimum absolute atomic E-state index is 0.0112. The van der Waals surface area contributed by atoms with Crippen molar-refractivity contribution in [3.63, 3.8) is 0 Å². The zero-order valence-corrected chi connectivity index (χ0v) is 16.1. The first kappa shape index (κ1) is 21.6. The molecule has 2 unspecified atom stereocenters. The summed E-state index contributed by atoms with van der Waals surface area (Å²) in [6.07, 6.45) is -0.558. The van der Waals surface area contributed by atoms with Gasteiger partial charge in [-0.15, -0.1) is 0 Å². The van der Waals surface area contributed by atoms with Crippen molar-refractivity contribution in [3.05, 3.63) is 35.4 Å². The van der Waals surface area contributed by atoms with E-state index < -0.39 is 17.6 Å². The van der Waals surface area contributed by atoms with Crippen molar-refractivity contribution in [3.8, 4) is 0 Å². The molecule has 0 aliphatic carbocycles. The van der Waals surface area contributed by atoms with Crippen LogP contribution in [-0.2, 0) is 15.7 Å². The third-order valence-electron chi connectivity index (χ3n) is 5.38. The second kappa shape index (κ2) is 9.58. The van der Waals surface area contributed by atoms with Crippen LogP contribution >= 0.6 is 0 Å². The Hall–Kier alpha value is -2.13. The van der Waals surface area contributed by atoms with Gasteiger partial charge in [-0.3, -0.25) is 14.5 Å². The first-order valence-electron chi connectivity index (χ1n) is 9.89. The zero-order chi connectivity index (χ0) is 20.9. The van der Waals surface area contributed by atoms with E-state index >= 15 is 0 Å². The van der Waals surface area contributed by atoms with Gasteiger partial charge in [-0.25, -0.2) is 0 Å². The summed E-state index contributed by atoms with van der Waals surface area (Å²) >= 11 is 0. The van der Waals surface area contributed by atoms with Gasteiger partial charge in [0.1, 0.15) is 0 Å². The van der Waals surface area contributed by atoms with Gasteiger partial charge in [-0.1, -0.05) is 6.07 Å². The molecule has 0 saturated carbocycles. The molecule has 2 atom stereocenters. The third-order valence-corrected chi connectivity index (χ3v) is 5.38. The van der Waals surface area contributed by atoms with E-state index in [1.54, 1.807) is 0 Å². The number of hydrogen-bond donors (Lipinski definition) is 2. The molecule has 2 aliphatic heterocycles. The van der Waals surface area contributed by atoms with Gasteiger partial charge in [0, 0.05) is 44.0 Å². The number of nitrogens with one attached hydrogen (secondary N) is 2. The lowest BCUT2D eigenvalue weighted by atomic mass is 10.1. The number of carbonyl (C=O) groups is 2. The van der Waals surface area contributed by atoms with Crippen LogP contribution in [0, 0.1) is 0 Å². The molecule has 0 spiro atoms. The number of alkyl halides is 3. The molecule has 1 aromatic rings. The number of carbonyl (C=O) groups excluding carboxylic acids is 2. The summed E-state index contributed by atoms with van der Waals surface area (Å²) in [6.45, 7) is 2.96. The number of benzene rings is 1. The Balaban J connectivity index is 1.44. The summed E-state index contributed by atoms with van der Waals surface area (Å²) in [7, 11) is 0. The SMILES string of the molecule is O=C(CNC(=O)c1cccc(C(F)(F)F)c1)NC1CCN(C2CCCOCC2)C1. The van der Waals surface area contributed by atoms with Crippen LogP contribution in [0.1, 0.15) is 41.6 Å². The van der Waals surface area contributed by atoms with Crippen LogP contribution in [0.4, 0.5) is 13.2 Å². The molecule has 9 heteroatoms. The van der Waals surface area contributed by atoms with Gasteiger partial charge in [-0.2, -0.15) is 13.2 Å². The quantitative estimate of drug-likeness (QED) is 0.777. The van der Waals surface area contributed by atoms with E-state index in [1.165, 1.54) is 12.1 Å². The van der Waals surface area contributed by atoms with Gasteiger partial charge in [0.05, 0.1) is 12.1 Å². The number of rotatable bonds is 5. The van der Waals surface area contributed by atoms with Crippen LogP contribution < -0.4 is 10.6 Å². The zero-order valence-electron chi connectivity index (χ0n) is 16.1. The fraction of sp³-hybridized carbons (Fsp3) is 0.600. The minimum atomic E-state index is -4.52. The summed E-state index contributed by atoms with van der Waals surface area (Å²) in [5.74, 6) is -1.06. The van der Waals surface area contributed by atoms with Crippen LogP contribution in [-0.4, -0.2) is 61.6 Å². The molecule has 2 fully saturated rings. The highest BCUT2D eigenvalue weighted by molar-refractivity contribution is 5.96. The third kappa shape index (κ3) is 6.17. The molecule has 6 nitrogen and oxygen atoms in total. The van der Waals surface area contributed by atoms with E-state index in [2.05, 4.69) is 15.5 Å². The van der Waals surface area contributed by atoms with E-state index in [0.717, 1.165) is 64.1 Å². The van der Waals surface area contributed by atoms with E-state index in [1.807, 2.05) is 0 Å². The summed E-state index contributed by atoms with van der Waals surface area (Å²) in [6, 6.07) is 4.61. The lowest BCUT2D eigenvalue weighted by Crippen LogP contribution is -2.44. The molecule has 29 heavy (non-hydrogen) atoms. The number of ether oxygens (including phenoxy) is 1. The van der Waals surface area contributed by atoms with Crippen LogP contribution in [0.25, 0.3) is 0 Å². The molecule has 2 N–H and O–H groups in total. The Bertz CT molecular complexity index is 718. The van der Waals surface area contributed by atoms with Crippen molar-refractivity contribution in [2.45, 2.75) is 43.9 Å². The Morgan fingerprint density at radius 3 is 2.79 bits per heavy atom. The average Bonchev–Trinajstić information content (AvgIpc) is 2.97. The standard InChI is InChI=1S/C20H26F3N3O3/c21-20(22,23)15-4-1-3-14(11-15)19(28)24-12-18(27)25-16-6-8-26(13-16)17-5-2-9-29-10-7-17/h1,3-4,11,16-17H,2,5-10,12-13H2,(H,24,28)(H,25,27). The number of halogens is 3. The second-order valence-corrected chi connectivity index (χ2v) is 7.51. The largest absolute Gasteiger partial charge is 0.416 e. The molecule has 2 saturated heterocycles. The minimum Gasteiger partial charge on any atom is -0.381 e. The highest BCUT2D eigenvalue weighted by atomic mass is 19.4. The molecule has 160 valence electrons. The fourth-order valence-corrected chi connectivity index (χ4v) is 3.87. The number of hydrogen-bond acceptors (Lipinski definition) is 4. The van der Waals surface area contributed by atoms with Crippen LogP contribution in [0.3, 0.4) is 0 Å². The Kier molecular flexibility index (Phi) is 7.13. The van der Waals surface area contributed by atoms with Crippen molar-refractivity contribution in [2.24, 2.45) is 0 Å². The van der Waals surface area contributed by atoms with Crippen LogP contribution in [0.5, 0.6) is 0 Å². The van der Waals surface area contributed by atoms with Gasteiger partial charge < -0.3 is 15.4 Å². The first-order valence-corrected chi connectivity index (χ1v) is 9.89. The van der Waals surface area contributed by atoms with E-state index in [9.17, 15) is 22.8 Å². The Morgan fingerprint density at radius 1 is 1.17 bits per heavy atom. The van der Waals surface area contributed by atoms with Crippen LogP contribution in [0.15, 0.2) is 24.3 Å². The molecule has 3 rings (SSSR count). The lowest BCUT2D eigenvalue weighted by molar-refractivity contribution is -0.137. The van der Waals surface area contributed by atoms with Crippen LogP contribution in [0.2, 0.25) is 0 Å².